The molecule has 0 amide bonds. The predicted octanol–water partition coefficient (Wildman–Crippen LogP) is 2.97. The van der Waals surface area contributed by atoms with Crippen LogP contribution in [0.2, 0.25) is 0 Å². The van der Waals surface area contributed by atoms with Gasteiger partial charge in [0, 0.05) is 16.7 Å². The van der Waals surface area contributed by atoms with Crippen LogP contribution in [0.1, 0.15) is 40.5 Å². The maximum atomic E-state index is 12.4. The fourth-order valence-corrected chi connectivity index (χ4v) is 2.65. The van der Waals surface area contributed by atoms with Gasteiger partial charge in [-0.2, -0.15) is 0 Å². The molecule has 0 heterocycles. The number of carbonyl (C=O) groups excluding carboxylic acids is 2. The molecule has 0 saturated heterocycles. The summed E-state index contributed by atoms with van der Waals surface area (Å²) < 4.78 is 0. The molecule has 3 nitrogen and oxygen atoms in total. The van der Waals surface area contributed by atoms with Crippen LogP contribution in [-0.2, 0) is 9.59 Å². The largest absolute Gasteiger partial charge is 0.306 e. The zero-order valence-corrected chi connectivity index (χ0v) is 13.4. The van der Waals surface area contributed by atoms with Gasteiger partial charge in [-0.3, -0.25) is 9.59 Å². The van der Waals surface area contributed by atoms with Crippen molar-refractivity contribution in [3.63, 3.8) is 0 Å². The SMILES string of the molecule is [CH2]CCN(C)CCC(C)(C)C1=C(C)C(=O)C=C(C)C1=O. The third-order valence-electron chi connectivity index (χ3n) is 4.01. The minimum absolute atomic E-state index is 0.0203. The van der Waals surface area contributed by atoms with E-state index in [9.17, 15) is 9.59 Å². The smallest absolute Gasteiger partial charge is 0.185 e. The molecule has 1 rings (SSSR count). The third-order valence-corrected chi connectivity index (χ3v) is 4.01. The van der Waals surface area contributed by atoms with Crippen molar-refractivity contribution in [3.8, 4) is 0 Å². The van der Waals surface area contributed by atoms with Gasteiger partial charge in [-0.05, 0) is 58.3 Å². The van der Waals surface area contributed by atoms with Crippen molar-refractivity contribution in [2.75, 3.05) is 20.1 Å². The Labute approximate surface area is 122 Å². The number of hydrogen-bond acceptors (Lipinski definition) is 3. The number of hydrogen-bond donors (Lipinski definition) is 0. The minimum Gasteiger partial charge on any atom is -0.306 e. The number of allylic oxidation sites excluding steroid dienone is 4. The summed E-state index contributed by atoms with van der Waals surface area (Å²) in [6.45, 7) is 13.3. The first-order valence-electron chi connectivity index (χ1n) is 7.17. The van der Waals surface area contributed by atoms with E-state index < -0.39 is 0 Å². The van der Waals surface area contributed by atoms with Crippen LogP contribution in [0.3, 0.4) is 0 Å². The Morgan fingerprint density at radius 1 is 1.20 bits per heavy atom. The van der Waals surface area contributed by atoms with Crippen LogP contribution in [0.15, 0.2) is 22.8 Å². The van der Waals surface area contributed by atoms with Gasteiger partial charge in [0.1, 0.15) is 0 Å². The van der Waals surface area contributed by atoms with E-state index in [0.717, 1.165) is 25.9 Å². The first-order chi connectivity index (χ1) is 9.20. The summed E-state index contributed by atoms with van der Waals surface area (Å²) in [6, 6.07) is 0. The Hall–Kier alpha value is -1.22. The zero-order chi connectivity index (χ0) is 15.5. The summed E-state index contributed by atoms with van der Waals surface area (Å²) in [6.07, 6.45) is 3.17. The summed E-state index contributed by atoms with van der Waals surface area (Å²) >= 11 is 0. The summed E-state index contributed by atoms with van der Waals surface area (Å²) in [5, 5.41) is 0. The normalized spacial score (nSPS) is 17.1. The molecule has 0 N–H and O–H groups in total. The first kappa shape index (κ1) is 16.8. The molecular formula is C17H26NO2. The molecule has 0 aliphatic heterocycles. The van der Waals surface area contributed by atoms with Crippen LogP contribution < -0.4 is 0 Å². The Balaban J connectivity index is 2.93. The van der Waals surface area contributed by atoms with Crippen LogP contribution in [0, 0.1) is 12.3 Å². The maximum Gasteiger partial charge on any atom is 0.185 e. The molecule has 3 heteroatoms. The van der Waals surface area contributed by atoms with E-state index in [1.165, 1.54) is 6.08 Å². The van der Waals surface area contributed by atoms with Gasteiger partial charge in [-0.25, -0.2) is 0 Å². The average molecular weight is 276 g/mol. The summed E-state index contributed by atoms with van der Waals surface area (Å²) in [5.74, 6) is -0.0109. The second kappa shape index (κ2) is 6.49. The Bertz CT molecular complexity index is 469. The van der Waals surface area contributed by atoms with E-state index in [0.29, 0.717) is 16.7 Å². The molecule has 0 aromatic carbocycles. The van der Waals surface area contributed by atoms with E-state index in [-0.39, 0.29) is 17.0 Å². The highest BCUT2D eigenvalue weighted by molar-refractivity contribution is 6.22. The molecule has 111 valence electrons. The number of carbonyl (C=O) groups is 2. The second-order valence-electron chi connectivity index (χ2n) is 6.31. The fourth-order valence-electron chi connectivity index (χ4n) is 2.65. The van der Waals surface area contributed by atoms with Gasteiger partial charge in [0.2, 0.25) is 0 Å². The molecule has 0 unspecified atom stereocenters. The van der Waals surface area contributed by atoms with Crippen LogP contribution in [-0.4, -0.2) is 36.6 Å². The first-order valence-corrected chi connectivity index (χ1v) is 7.17. The topological polar surface area (TPSA) is 37.4 Å². The molecule has 0 aromatic rings. The lowest BCUT2D eigenvalue weighted by atomic mass is 9.72. The van der Waals surface area contributed by atoms with Crippen LogP contribution >= 0.6 is 0 Å². The van der Waals surface area contributed by atoms with E-state index in [1.54, 1.807) is 13.8 Å². The van der Waals surface area contributed by atoms with Crippen molar-refractivity contribution in [2.45, 2.75) is 40.5 Å². The molecule has 1 aliphatic carbocycles. The summed E-state index contributed by atoms with van der Waals surface area (Å²) in [4.78, 5) is 26.5. The van der Waals surface area contributed by atoms with Crippen LogP contribution in [0.25, 0.3) is 0 Å². The second-order valence-corrected chi connectivity index (χ2v) is 6.31. The Morgan fingerprint density at radius 3 is 2.35 bits per heavy atom. The number of rotatable bonds is 6. The Morgan fingerprint density at radius 2 is 1.80 bits per heavy atom. The van der Waals surface area contributed by atoms with Gasteiger partial charge in [0.25, 0.3) is 0 Å². The highest BCUT2D eigenvalue weighted by atomic mass is 16.1. The molecule has 20 heavy (non-hydrogen) atoms. The molecule has 0 aromatic heterocycles. The minimum atomic E-state index is -0.290. The summed E-state index contributed by atoms with van der Waals surface area (Å²) in [5.41, 5.74) is 1.55. The van der Waals surface area contributed by atoms with Crippen molar-refractivity contribution >= 4 is 11.6 Å². The predicted molar refractivity (Wildman–Crippen MR) is 82.3 cm³/mol. The number of ketones is 2. The molecule has 0 spiro atoms. The fraction of sp³-hybridized carbons (Fsp3) is 0.588. The third kappa shape index (κ3) is 3.66. The monoisotopic (exact) mass is 276 g/mol. The zero-order valence-electron chi connectivity index (χ0n) is 13.4. The summed E-state index contributed by atoms with van der Waals surface area (Å²) in [7, 11) is 2.06. The van der Waals surface area contributed by atoms with Gasteiger partial charge in [0.05, 0.1) is 0 Å². The van der Waals surface area contributed by atoms with E-state index in [2.05, 4.69) is 18.9 Å². The van der Waals surface area contributed by atoms with E-state index >= 15 is 0 Å². The van der Waals surface area contributed by atoms with Crippen molar-refractivity contribution in [1.82, 2.24) is 4.90 Å². The molecule has 0 bridgehead atoms. The standard InChI is InChI=1S/C17H26NO2/c1-7-9-18(6)10-8-17(4,5)15-13(3)14(19)11-12(2)16(15)20/h11H,1,7-10H2,2-6H3. The van der Waals surface area contributed by atoms with Crippen molar-refractivity contribution < 1.29 is 9.59 Å². The van der Waals surface area contributed by atoms with Gasteiger partial charge < -0.3 is 4.90 Å². The number of Topliss-reactive ketones (excluding diaryl/α,β-unsaturated/α-hetero) is 1. The van der Waals surface area contributed by atoms with Gasteiger partial charge in [0.15, 0.2) is 11.6 Å². The van der Waals surface area contributed by atoms with E-state index in [1.807, 2.05) is 13.8 Å². The van der Waals surface area contributed by atoms with E-state index in [4.69, 9.17) is 0 Å². The van der Waals surface area contributed by atoms with Crippen molar-refractivity contribution in [3.05, 3.63) is 29.7 Å². The average Bonchev–Trinajstić information content (AvgIpc) is 2.35. The van der Waals surface area contributed by atoms with Gasteiger partial charge >= 0.3 is 0 Å². The van der Waals surface area contributed by atoms with Crippen LogP contribution in [0.4, 0.5) is 0 Å². The highest BCUT2D eigenvalue weighted by Crippen LogP contribution is 2.37. The highest BCUT2D eigenvalue weighted by Gasteiger charge is 2.34. The maximum absolute atomic E-state index is 12.4. The number of nitrogens with zero attached hydrogens (tertiary/aromatic N) is 1. The van der Waals surface area contributed by atoms with Crippen molar-refractivity contribution in [2.24, 2.45) is 5.41 Å². The van der Waals surface area contributed by atoms with Crippen molar-refractivity contribution in [1.29, 1.82) is 0 Å². The van der Waals surface area contributed by atoms with Crippen LogP contribution in [0.5, 0.6) is 0 Å². The lowest BCUT2D eigenvalue weighted by Gasteiger charge is -2.32. The van der Waals surface area contributed by atoms with Gasteiger partial charge in [-0.1, -0.05) is 20.8 Å². The molecule has 0 atom stereocenters. The quantitative estimate of drug-likeness (QED) is 0.700. The molecular weight excluding hydrogens is 250 g/mol. The Kier molecular flexibility index (Phi) is 5.46. The lowest BCUT2D eigenvalue weighted by molar-refractivity contribution is -0.116. The molecule has 0 saturated carbocycles. The van der Waals surface area contributed by atoms with Gasteiger partial charge in [-0.15, -0.1) is 0 Å². The molecule has 0 fully saturated rings. The molecule has 1 aliphatic rings. The molecule has 1 radical (unpaired) electrons. The lowest BCUT2D eigenvalue weighted by Crippen LogP contribution is -2.32.